The highest BCUT2D eigenvalue weighted by Gasteiger charge is 2.25. The third-order valence-electron chi connectivity index (χ3n) is 3.89. The number of likely N-dealkylation sites (tertiary alicyclic amines) is 1. The Morgan fingerprint density at radius 2 is 1.86 bits per heavy atom. The number of amides is 2. The van der Waals surface area contributed by atoms with Crippen LogP contribution in [0.25, 0.3) is 0 Å². The number of nitrogens with two attached hydrogens (primary N) is 1. The molecule has 2 rings (SSSR count). The van der Waals surface area contributed by atoms with Gasteiger partial charge < -0.3 is 11.1 Å². The smallest absolute Gasteiger partial charge is 0.231 e. The van der Waals surface area contributed by atoms with Crippen LogP contribution in [0, 0.1) is 5.92 Å². The second-order valence-electron chi connectivity index (χ2n) is 5.54. The number of hydrogen-bond acceptors (Lipinski definition) is 3. The Balaban J connectivity index is 1.67. The van der Waals surface area contributed by atoms with E-state index in [4.69, 9.17) is 5.73 Å². The van der Waals surface area contributed by atoms with Gasteiger partial charge in [0.05, 0.1) is 6.54 Å². The summed E-state index contributed by atoms with van der Waals surface area (Å²) in [5.41, 5.74) is 6.41. The van der Waals surface area contributed by atoms with Gasteiger partial charge in [-0.05, 0) is 37.9 Å². The lowest BCUT2D eigenvalue weighted by Crippen LogP contribution is -2.43. The first-order valence-corrected chi connectivity index (χ1v) is 7.47. The van der Waals surface area contributed by atoms with Crippen molar-refractivity contribution in [3.8, 4) is 0 Å². The van der Waals surface area contributed by atoms with Gasteiger partial charge in [-0.2, -0.15) is 0 Å². The Hall–Kier alpha value is -1.88. The lowest BCUT2D eigenvalue weighted by Gasteiger charge is -2.30. The summed E-state index contributed by atoms with van der Waals surface area (Å²) < 4.78 is 0. The summed E-state index contributed by atoms with van der Waals surface area (Å²) >= 11 is 0. The highest BCUT2D eigenvalue weighted by molar-refractivity contribution is 5.79. The minimum atomic E-state index is -0.305. The van der Waals surface area contributed by atoms with Crippen LogP contribution in [-0.2, 0) is 16.0 Å². The molecular weight excluding hydrogens is 266 g/mol. The Kier molecular flexibility index (Phi) is 5.75. The van der Waals surface area contributed by atoms with Gasteiger partial charge in [-0.3, -0.25) is 14.5 Å². The molecule has 2 amide bonds. The normalized spacial score (nSPS) is 16.6. The highest BCUT2D eigenvalue weighted by atomic mass is 16.2. The number of nitrogens with one attached hydrogen (secondary N) is 1. The fourth-order valence-electron chi connectivity index (χ4n) is 2.69. The molecule has 114 valence electrons. The van der Waals surface area contributed by atoms with Crippen LogP contribution in [0.1, 0.15) is 18.4 Å². The number of carbonyl (C=O) groups excluding carboxylic acids is 2. The first kappa shape index (κ1) is 15.5. The average Bonchev–Trinajstić information content (AvgIpc) is 2.48. The van der Waals surface area contributed by atoms with Gasteiger partial charge in [0.1, 0.15) is 0 Å². The predicted octanol–water partition coefficient (Wildman–Crippen LogP) is 0.543. The van der Waals surface area contributed by atoms with Crippen LogP contribution in [0.3, 0.4) is 0 Å². The summed E-state index contributed by atoms with van der Waals surface area (Å²) in [5.74, 6) is -0.115. The monoisotopic (exact) mass is 289 g/mol. The van der Waals surface area contributed by atoms with E-state index in [1.165, 1.54) is 5.56 Å². The first-order valence-electron chi connectivity index (χ1n) is 7.47. The molecule has 0 aliphatic carbocycles. The van der Waals surface area contributed by atoms with E-state index in [9.17, 15) is 9.59 Å². The van der Waals surface area contributed by atoms with Gasteiger partial charge in [-0.25, -0.2) is 0 Å². The third-order valence-corrected chi connectivity index (χ3v) is 3.89. The SMILES string of the molecule is NC(=O)CN1CCC(C(=O)NCCc2ccccc2)CC1. The number of benzene rings is 1. The Labute approximate surface area is 125 Å². The van der Waals surface area contributed by atoms with E-state index in [0.29, 0.717) is 13.1 Å². The average molecular weight is 289 g/mol. The molecule has 21 heavy (non-hydrogen) atoms. The van der Waals surface area contributed by atoms with E-state index in [1.807, 2.05) is 23.1 Å². The second kappa shape index (κ2) is 7.78. The maximum atomic E-state index is 12.1. The van der Waals surface area contributed by atoms with Gasteiger partial charge in [0.25, 0.3) is 0 Å². The zero-order valence-electron chi connectivity index (χ0n) is 12.3. The minimum Gasteiger partial charge on any atom is -0.369 e. The second-order valence-corrected chi connectivity index (χ2v) is 5.54. The van der Waals surface area contributed by atoms with Crippen LogP contribution in [0.5, 0.6) is 0 Å². The van der Waals surface area contributed by atoms with Gasteiger partial charge in [0, 0.05) is 12.5 Å². The van der Waals surface area contributed by atoms with Gasteiger partial charge in [0.15, 0.2) is 0 Å². The van der Waals surface area contributed by atoms with Crippen molar-refractivity contribution in [2.75, 3.05) is 26.2 Å². The number of carbonyl (C=O) groups is 2. The van der Waals surface area contributed by atoms with Gasteiger partial charge in [-0.1, -0.05) is 30.3 Å². The highest BCUT2D eigenvalue weighted by Crippen LogP contribution is 2.16. The van der Waals surface area contributed by atoms with Crippen molar-refractivity contribution in [2.45, 2.75) is 19.3 Å². The molecule has 1 aromatic rings. The van der Waals surface area contributed by atoms with E-state index in [-0.39, 0.29) is 17.7 Å². The molecule has 0 radical (unpaired) electrons. The molecule has 0 spiro atoms. The topological polar surface area (TPSA) is 75.4 Å². The lowest BCUT2D eigenvalue weighted by molar-refractivity contribution is -0.126. The molecule has 0 unspecified atom stereocenters. The van der Waals surface area contributed by atoms with Crippen molar-refractivity contribution in [2.24, 2.45) is 11.7 Å². The van der Waals surface area contributed by atoms with E-state index in [0.717, 1.165) is 32.4 Å². The largest absolute Gasteiger partial charge is 0.369 e. The molecule has 3 N–H and O–H groups in total. The Morgan fingerprint density at radius 3 is 2.48 bits per heavy atom. The maximum Gasteiger partial charge on any atom is 0.231 e. The summed E-state index contributed by atoms with van der Waals surface area (Å²) in [4.78, 5) is 25.0. The van der Waals surface area contributed by atoms with E-state index < -0.39 is 0 Å². The third kappa shape index (κ3) is 5.19. The molecule has 1 saturated heterocycles. The molecule has 1 aliphatic heterocycles. The van der Waals surface area contributed by atoms with Crippen LogP contribution in [0.4, 0.5) is 0 Å². The van der Waals surface area contributed by atoms with Crippen molar-refractivity contribution in [1.82, 2.24) is 10.2 Å². The van der Waals surface area contributed by atoms with Crippen LogP contribution in [0.2, 0.25) is 0 Å². The van der Waals surface area contributed by atoms with Crippen molar-refractivity contribution >= 4 is 11.8 Å². The summed E-state index contributed by atoms with van der Waals surface area (Å²) in [6.45, 7) is 2.49. The van der Waals surface area contributed by atoms with Gasteiger partial charge in [-0.15, -0.1) is 0 Å². The molecule has 0 atom stereocenters. The molecule has 5 nitrogen and oxygen atoms in total. The van der Waals surface area contributed by atoms with E-state index in [2.05, 4.69) is 17.4 Å². The van der Waals surface area contributed by atoms with Crippen LogP contribution in [-0.4, -0.2) is 42.9 Å². The van der Waals surface area contributed by atoms with Crippen molar-refractivity contribution < 1.29 is 9.59 Å². The maximum absolute atomic E-state index is 12.1. The number of hydrogen-bond donors (Lipinski definition) is 2. The standard InChI is InChI=1S/C16H23N3O2/c17-15(20)12-19-10-7-14(8-11-19)16(21)18-9-6-13-4-2-1-3-5-13/h1-5,14H,6-12H2,(H2,17,20)(H,18,21). The van der Waals surface area contributed by atoms with Gasteiger partial charge in [0.2, 0.25) is 11.8 Å². The van der Waals surface area contributed by atoms with Crippen LogP contribution in [0.15, 0.2) is 30.3 Å². The number of primary amides is 1. The molecule has 1 heterocycles. The molecule has 5 heteroatoms. The summed E-state index contributed by atoms with van der Waals surface area (Å²) in [6, 6.07) is 10.1. The first-order chi connectivity index (χ1) is 10.1. The zero-order chi connectivity index (χ0) is 15.1. The summed E-state index contributed by atoms with van der Waals surface area (Å²) in [5, 5.41) is 3.01. The molecule has 1 aromatic carbocycles. The number of rotatable bonds is 6. The Bertz CT molecular complexity index is 468. The molecule has 0 aromatic heterocycles. The lowest BCUT2D eigenvalue weighted by atomic mass is 9.96. The zero-order valence-corrected chi connectivity index (χ0v) is 12.3. The Morgan fingerprint density at radius 1 is 1.19 bits per heavy atom. The minimum absolute atomic E-state index is 0.0601. The summed E-state index contributed by atoms with van der Waals surface area (Å²) in [7, 11) is 0. The predicted molar refractivity (Wildman–Crippen MR) is 81.5 cm³/mol. The molecule has 0 bridgehead atoms. The van der Waals surface area contributed by atoms with E-state index in [1.54, 1.807) is 0 Å². The fraction of sp³-hybridized carbons (Fsp3) is 0.500. The van der Waals surface area contributed by atoms with Crippen LogP contribution < -0.4 is 11.1 Å². The van der Waals surface area contributed by atoms with Crippen molar-refractivity contribution in [1.29, 1.82) is 0 Å². The fourth-order valence-corrected chi connectivity index (χ4v) is 2.69. The molecular formula is C16H23N3O2. The molecule has 1 aliphatic rings. The van der Waals surface area contributed by atoms with Crippen LogP contribution >= 0.6 is 0 Å². The van der Waals surface area contributed by atoms with Gasteiger partial charge >= 0.3 is 0 Å². The summed E-state index contributed by atoms with van der Waals surface area (Å²) in [6.07, 6.45) is 2.45. The van der Waals surface area contributed by atoms with Crippen molar-refractivity contribution in [3.63, 3.8) is 0 Å². The van der Waals surface area contributed by atoms with E-state index >= 15 is 0 Å². The number of nitrogens with zero attached hydrogens (tertiary/aromatic N) is 1. The molecule has 1 fully saturated rings. The molecule has 0 saturated carbocycles. The number of piperidine rings is 1. The van der Waals surface area contributed by atoms with Crippen molar-refractivity contribution in [3.05, 3.63) is 35.9 Å². The quantitative estimate of drug-likeness (QED) is 0.802.